The normalized spacial score (nSPS) is 18.6. The summed E-state index contributed by atoms with van der Waals surface area (Å²) in [4.78, 5) is 13.9. The smallest absolute Gasteiger partial charge is 0.240 e. The molecule has 7 heteroatoms. The SMILES string of the molecule is Cc1cc(NC(=O)CN(CCO)CC2CCCN2)on1. The first-order valence-electron chi connectivity index (χ1n) is 6.97. The zero-order chi connectivity index (χ0) is 14.4. The Morgan fingerprint density at radius 3 is 3.15 bits per heavy atom. The van der Waals surface area contributed by atoms with Crippen molar-refractivity contribution in [1.82, 2.24) is 15.4 Å². The van der Waals surface area contributed by atoms with Gasteiger partial charge in [-0.1, -0.05) is 5.16 Å². The number of amides is 1. The van der Waals surface area contributed by atoms with Crippen LogP contribution in [0.25, 0.3) is 0 Å². The highest BCUT2D eigenvalue weighted by molar-refractivity contribution is 5.90. The summed E-state index contributed by atoms with van der Waals surface area (Å²) >= 11 is 0. The minimum Gasteiger partial charge on any atom is -0.395 e. The molecule has 0 radical (unpaired) electrons. The average molecular weight is 282 g/mol. The average Bonchev–Trinajstić information content (AvgIpc) is 3.01. The number of aliphatic hydroxyl groups excluding tert-OH is 1. The minimum atomic E-state index is -0.160. The van der Waals surface area contributed by atoms with Crippen LogP contribution in [-0.2, 0) is 4.79 Å². The van der Waals surface area contributed by atoms with Gasteiger partial charge in [0.1, 0.15) is 0 Å². The second-order valence-electron chi connectivity index (χ2n) is 5.13. The van der Waals surface area contributed by atoms with Crippen molar-refractivity contribution >= 4 is 11.8 Å². The van der Waals surface area contributed by atoms with Crippen LogP contribution >= 0.6 is 0 Å². The molecule has 20 heavy (non-hydrogen) atoms. The summed E-state index contributed by atoms with van der Waals surface area (Å²) in [5.41, 5.74) is 0.725. The molecule has 0 bridgehead atoms. The van der Waals surface area contributed by atoms with Gasteiger partial charge in [0.2, 0.25) is 11.8 Å². The molecule has 0 aromatic carbocycles. The quantitative estimate of drug-likeness (QED) is 0.650. The Balaban J connectivity index is 1.81. The van der Waals surface area contributed by atoms with E-state index in [0.717, 1.165) is 25.2 Å². The van der Waals surface area contributed by atoms with E-state index < -0.39 is 0 Å². The molecule has 112 valence electrons. The van der Waals surface area contributed by atoms with E-state index in [1.807, 2.05) is 4.90 Å². The lowest BCUT2D eigenvalue weighted by Gasteiger charge is -2.23. The van der Waals surface area contributed by atoms with Crippen LogP contribution in [0.2, 0.25) is 0 Å². The molecular formula is C13H22N4O3. The molecule has 1 unspecified atom stereocenters. The zero-order valence-corrected chi connectivity index (χ0v) is 11.8. The summed E-state index contributed by atoms with van der Waals surface area (Å²) < 4.78 is 4.95. The van der Waals surface area contributed by atoms with Crippen LogP contribution in [-0.4, -0.2) is 59.9 Å². The van der Waals surface area contributed by atoms with E-state index in [0.29, 0.717) is 18.5 Å². The zero-order valence-electron chi connectivity index (χ0n) is 11.8. The van der Waals surface area contributed by atoms with Gasteiger partial charge in [0.25, 0.3) is 0 Å². The highest BCUT2D eigenvalue weighted by Gasteiger charge is 2.19. The molecule has 1 aliphatic rings. The summed E-state index contributed by atoms with van der Waals surface area (Å²) in [6.07, 6.45) is 2.28. The van der Waals surface area contributed by atoms with E-state index in [1.165, 1.54) is 6.42 Å². The maximum absolute atomic E-state index is 11.9. The molecule has 1 fully saturated rings. The van der Waals surface area contributed by atoms with E-state index in [4.69, 9.17) is 9.63 Å². The third kappa shape index (κ3) is 4.59. The van der Waals surface area contributed by atoms with E-state index in [1.54, 1.807) is 13.0 Å². The summed E-state index contributed by atoms with van der Waals surface area (Å²) in [6.45, 7) is 4.36. The number of carbonyl (C=O) groups excluding carboxylic acids is 1. The number of anilines is 1. The van der Waals surface area contributed by atoms with Crippen LogP contribution in [0.15, 0.2) is 10.6 Å². The van der Waals surface area contributed by atoms with Gasteiger partial charge in [-0.3, -0.25) is 15.0 Å². The van der Waals surface area contributed by atoms with Crippen LogP contribution in [0.3, 0.4) is 0 Å². The lowest BCUT2D eigenvalue weighted by molar-refractivity contribution is -0.117. The first-order valence-corrected chi connectivity index (χ1v) is 6.97. The molecule has 1 saturated heterocycles. The molecule has 1 aliphatic heterocycles. The molecular weight excluding hydrogens is 260 g/mol. The lowest BCUT2D eigenvalue weighted by Crippen LogP contribution is -2.42. The maximum atomic E-state index is 11.9. The molecule has 0 spiro atoms. The van der Waals surface area contributed by atoms with Crippen molar-refractivity contribution in [3.05, 3.63) is 11.8 Å². The van der Waals surface area contributed by atoms with Crippen LogP contribution in [0.4, 0.5) is 5.88 Å². The molecule has 1 atom stereocenters. The van der Waals surface area contributed by atoms with Gasteiger partial charge in [-0.15, -0.1) is 0 Å². The number of aryl methyl sites for hydroxylation is 1. The number of hydrogen-bond donors (Lipinski definition) is 3. The van der Waals surface area contributed by atoms with E-state index in [2.05, 4.69) is 15.8 Å². The van der Waals surface area contributed by atoms with E-state index in [-0.39, 0.29) is 19.1 Å². The van der Waals surface area contributed by atoms with Crippen molar-refractivity contribution in [3.63, 3.8) is 0 Å². The number of rotatable bonds is 7. The number of aliphatic hydroxyl groups is 1. The van der Waals surface area contributed by atoms with Crippen LogP contribution in [0, 0.1) is 6.92 Å². The number of aromatic nitrogens is 1. The van der Waals surface area contributed by atoms with Crippen molar-refractivity contribution in [2.45, 2.75) is 25.8 Å². The van der Waals surface area contributed by atoms with Gasteiger partial charge in [-0.2, -0.15) is 0 Å². The number of carbonyl (C=O) groups is 1. The Hall–Kier alpha value is -1.44. The summed E-state index contributed by atoms with van der Waals surface area (Å²) in [5, 5.41) is 18.9. The standard InChI is InChI=1S/C13H22N4O3/c1-10-7-13(20-16-10)15-12(19)9-17(5-6-18)8-11-3-2-4-14-11/h7,11,14,18H,2-6,8-9H2,1H3,(H,15,19). The number of nitrogens with one attached hydrogen (secondary N) is 2. The first-order chi connectivity index (χ1) is 9.67. The minimum absolute atomic E-state index is 0.0431. The van der Waals surface area contributed by atoms with Crippen LogP contribution in [0.5, 0.6) is 0 Å². The number of hydrogen-bond acceptors (Lipinski definition) is 6. The molecule has 2 heterocycles. The molecule has 0 saturated carbocycles. The van der Waals surface area contributed by atoms with Crippen molar-refractivity contribution in [1.29, 1.82) is 0 Å². The predicted molar refractivity (Wildman–Crippen MR) is 74.4 cm³/mol. The fraction of sp³-hybridized carbons (Fsp3) is 0.692. The molecule has 2 rings (SSSR count). The third-order valence-corrected chi connectivity index (χ3v) is 3.31. The summed E-state index contributed by atoms with van der Waals surface area (Å²) in [6, 6.07) is 2.08. The maximum Gasteiger partial charge on any atom is 0.240 e. The summed E-state index contributed by atoms with van der Waals surface area (Å²) in [7, 11) is 0. The molecule has 7 nitrogen and oxygen atoms in total. The second-order valence-corrected chi connectivity index (χ2v) is 5.13. The Kier molecular flexibility index (Phi) is 5.51. The van der Waals surface area contributed by atoms with Gasteiger partial charge in [0.05, 0.1) is 18.8 Å². The Morgan fingerprint density at radius 2 is 2.55 bits per heavy atom. The first kappa shape index (κ1) is 15.0. The van der Waals surface area contributed by atoms with Gasteiger partial charge in [0.15, 0.2) is 0 Å². The fourth-order valence-corrected chi connectivity index (χ4v) is 2.40. The van der Waals surface area contributed by atoms with Crippen molar-refractivity contribution < 1.29 is 14.4 Å². The fourth-order valence-electron chi connectivity index (χ4n) is 2.40. The lowest BCUT2D eigenvalue weighted by atomic mass is 10.2. The van der Waals surface area contributed by atoms with E-state index >= 15 is 0 Å². The molecule has 0 aliphatic carbocycles. The highest BCUT2D eigenvalue weighted by Crippen LogP contribution is 2.09. The molecule has 1 aromatic rings. The van der Waals surface area contributed by atoms with E-state index in [9.17, 15) is 4.79 Å². The molecule has 1 amide bonds. The summed E-state index contributed by atoms with van der Waals surface area (Å²) in [5.74, 6) is 0.197. The highest BCUT2D eigenvalue weighted by atomic mass is 16.5. The largest absolute Gasteiger partial charge is 0.395 e. The number of nitrogens with zero attached hydrogens (tertiary/aromatic N) is 2. The topological polar surface area (TPSA) is 90.6 Å². The van der Waals surface area contributed by atoms with Gasteiger partial charge < -0.3 is 14.9 Å². The second kappa shape index (κ2) is 7.37. The third-order valence-electron chi connectivity index (χ3n) is 3.31. The van der Waals surface area contributed by atoms with Crippen molar-refractivity contribution in [3.8, 4) is 0 Å². The Labute approximate surface area is 118 Å². The monoisotopic (exact) mass is 282 g/mol. The Bertz CT molecular complexity index is 429. The van der Waals surface area contributed by atoms with Gasteiger partial charge in [-0.05, 0) is 26.3 Å². The van der Waals surface area contributed by atoms with Crippen LogP contribution < -0.4 is 10.6 Å². The molecule has 1 aromatic heterocycles. The van der Waals surface area contributed by atoms with Crippen molar-refractivity contribution in [2.24, 2.45) is 0 Å². The molecule has 3 N–H and O–H groups in total. The van der Waals surface area contributed by atoms with Gasteiger partial charge >= 0.3 is 0 Å². The Morgan fingerprint density at radius 1 is 1.70 bits per heavy atom. The van der Waals surface area contributed by atoms with Gasteiger partial charge in [0, 0.05) is 25.2 Å². The predicted octanol–water partition coefficient (Wildman–Crippen LogP) is -0.0322. The van der Waals surface area contributed by atoms with Crippen molar-refractivity contribution in [2.75, 3.05) is 38.1 Å². The van der Waals surface area contributed by atoms with Gasteiger partial charge in [-0.25, -0.2) is 0 Å². The van der Waals surface area contributed by atoms with Crippen LogP contribution in [0.1, 0.15) is 18.5 Å².